The molecule has 0 bridgehead atoms. The van der Waals surface area contributed by atoms with Crippen molar-refractivity contribution >= 4 is 12.1 Å². The molecule has 1 aliphatic heterocycles. The quantitative estimate of drug-likeness (QED) is 0.562. The minimum Gasteiger partial charge on any atom is -0.505 e. The topological polar surface area (TPSA) is 86.2 Å². The minimum atomic E-state index is -0.664. The van der Waals surface area contributed by atoms with Crippen molar-refractivity contribution in [1.29, 1.82) is 0 Å². The first-order chi connectivity index (χ1) is 12.2. The Morgan fingerprint density at radius 3 is 2.69 bits per heavy atom. The molecule has 0 saturated carbocycles. The van der Waals surface area contributed by atoms with Gasteiger partial charge in [0, 0.05) is 19.6 Å². The zero-order valence-corrected chi connectivity index (χ0v) is 15.7. The number of hydrogen-bond donors (Lipinski definition) is 3. The molecule has 3 N–H and O–H groups in total. The minimum absolute atomic E-state index is 0.0804. The predicted octanol–water partition coefficient (Wildman–Crippen LogP) is 2.21. The van der Waals surface area contributed by atoms with E-state index in [-0.39, 0.29) is 24.4 Å². The number of aromatic hydroxyl groups is 1. The number of aliphatic imine (C=N–C) groups is 1. The van der Waals surface area contributed by atoms with Gasteiger partial charge in [-0.15, -0.1) is 0 Å². The Kier molecular flexibility index (Phi) is 6.28. The summed E-state index contributed by atoms with van der Waals surface area (Å²) in [7, 11) is 0. The van der Waals surface area contributed by atoms with E-state index in [0.29, 0.717) is 31.2 Å². The summed E-state index contributed by atoms with van der Waals surface area (Å²) < 4.78 is 18.7. The molecule has 8 heteroatoms. The molecule has 0 aromatic heterocycles. The molecule has 7 nitrogen and oxygen atoms in total. The Labute approximate surface area is 153 Å². The lowest BCUT2D eigenvalue weighted by Crippen LogP contribution is -2.63. The van der Waals surface area contributed by atoms with E-state index >= 15 is 0 Å². The number of benzene rings is 1. The van der Waals surface area contributed by atoms with E-state index in [2.05, 4.69) is 15.6 Å². The second-order valence-electron chi connectivity index (χ2n) is 7.21. The first-order valence-corrected chi connectivity index (χ1v) is 8.68. The van der Waals surface area contributed by atoms with Crippen LogP contribution in [0.3, 0.4) is 0 Å². The fourth-order valence-corrected chi connectivity index (χ4v) is 2.38. The van der Waals surface area contributed by atoms with Crippen molar-refractivity contribution in [2.45, 2.75) is 45.9 Å². The van der Waals surface area contributed by atoms with Crippen LogP contribution in [0.4, 0.5) is 9.18 Å². The smallest absolute Gasteiger partial charge is 0.410 e. The van der Waals surface area contributed by atoms with Crippen molar-refractivity contribution in [2.24, 2.45) is 4.99 Å². The number of hydrogen-bond acceptors (Lipinski definition) is 4. The van der Waals surface area contributed by atoms with Crippen LogP contribution >= 0.6 is 0 Å². The van der Waals surface area contributed by atoms with E-state index in [1.165, 1.54) is 12.1 Å². The second-order valence-corrected chi connectivity index (χ2v) is 7.21. The average Bonchev–Trinajstić information content (AvgIpc) is 2.49. The third kappa shape index (κ3) is 5.79. The maximum Gasteiger partial charge on any atom is 0.410 e. The largest absolute Gasteiger partial charge is 0.505 e. The first-order valence-electron chi connectivity index (χ1n) is 8.68. The van der Waals surface area contributed by atoms with Crippen LogP contribution in [0.5, 0.6) is 5.75 Å². The number of rotatable bonds is 4. The number of ether oxygens (including phenoxy) is 1. The summed E-state index contributed by atoms with van der Waals surface area (Å²) in [6.07, 6.45) is -0.322. The monoisotopic (exact) mass is 366 g/mol. The number of phenolic OH excluding ortho intramolecular Hbond substituents is 1. The second kappa shape index (κ2) is 8.25. The number of halogens is 1. The Hall–Kier alpha value is -2.51. The van der Waals surface area contributed by atoms with Crippen molar-refractivity contribution < 1.29 is 19.0 Å². The van der Waals surface area contributed by atoms with Crippen LogP contribution in [-0.2, 0) is 11.3 Å². The molecule has 0 unspecified atom stereocenters. The van der Waals surface area contributed by atoms with Gasteiger partial charge in [-0.25, -0.2) is 14.2 Å². The summed E-state index contributed by atoms with van der Waals surface area (Å²) in [6.45, 7) is 9.48. The van der Waals surface area contributed by atoms with Crippen molar-refractivity contribution in [3.8, 4) is 5.75 Å². The van der Waals surface area contributed by atoms with Gasteiger partial charge in [-0.2, -0.15) is 0 Å². The van der Waals surface area contributed by atoms with Gasteiger partial charge in [0.05, 0.1) is 12.6 Å². The maximum absolute atomic E-state index is 13.4. The van der Waals surface area contributed by atoms with Gasteiger partial charge in [-0.1, -0.05) is 6.07 Å². The molecule has 26 heavy (non-hydrogen) atoms. The maximum atomic E-state index is 13.4. The molecule has 0 aliphatic carbocycles. The Morgan fingerprint density at radius 2 is 2.12 bits per heavy atom. The molecule has 0 atom stereocenters. The molecular weight excluding hydrogens is 339 g/mol. The van der Waals surface area contributed by atoms with Crippen LogP contribution in [0.15, 0.2) is 23.2 Å². The molecule has 0 radical (unpaired) electrons. The van der Waals surface area contributed by atoms with Crippen LogP contribution in [0.1, 0.15) is 33.3 Å². The molecular formula is C18H27FN4O3. The van der Waals surface area contributed by atoms with Crippen LogP contribution in [0.2, 0.25) is 0 Å². The van der Waals surface area contributed by atoms with Crippen LogP contribution in [-0.4, -0.2) is 53.3 Å². The first kappa shape index (κ1) is 19.8. The highest BCUT2D eigenvalue weighted by molar-refractivity contribution is 5.80. The highest BCUT2D eigenvalue weighted by Gasteiger charge is 2.34. The lowest BCUT2D eigenvalue weighted by atomic mass is 10.1. The molecule has 0 spiro atoms. The van der Waals surface area contributed by atoms with Crippen LogP contribution < -0.4 is 10.6 Å². The molecule has 1 aromatic rings. The Bertz CT molecular complexity index is 667. The normalized spacial score (nSPS) is 15.4. The zero-order valence-electron chi connectivity index (χ0n) is 15.7. The number of carbonyl (C=O) groups is 1. The van der Waals surface area contributed by atoms with Crippen molar-refractivity contribution in [1.82, 2.24) is 15.5 Å². The summed E-state index contributed by atoms with van der Waals surface area (Å²) in [5.41, 5.74) is 0.146. The molecule has 1 aromatic carbocycles. The number of nitrogens with zero attached hydrogens (tertiary/aromatic N) is 2. The van der Waals surface area contributed by atoms with E-state index < -0.39 is 11.4 Å². The number of likely N-dealkylation sites (tertiary alicyclic amines) is 1. The Morgan fingerprint density at radius 1 is 1.42 bits per heavy atom. The number of phenols is 1. The lowest BCUT2D eigenvalue weighted by Gasteiger charge is -2.40. The highest BCUT2D eigenvalue weighted by atomic mass is 19.1. The van der Waals surface area contributed by atoms with E-state index in [4.69, 9.17) is 4.74 Å². The van der Waals surface area contributed by atoms with Crippen molar-refractivity contribution in [3.05, 3.63) is 29.6 Å². The van der Waals surface area contributed by atoms with E-state index in [1.54, 1.807) is 11.0 Å². The summed E-state index contributed by atoms with van der Waals surface area (Å²) in [5, 5.41) is 15.6. The van der Waals surface area contributed by atoms with Gasteiger partial charge in [0.1, 0.15) is 5.60 Å². The Balaban J connectivity index is 1.87. The fourth-order valence-electron chi connectivity index (χ4n) is 2.38. The van der Waals surface area contributed by atoms with Gasteiger partial charge >= 0.3 is 6.09 Å². The highest BCUT2D eigenvalue weighted by Crippen LogP contribution is 2.17. The molecule has 2 rings (SSSR count). The third-order valence-electron chi connectivity index (χ3n) is 3.65. The molecule has 144 valence electrons. The average molecular weight is 366 g/mol. The molecule has 1 heterocycles. The molecule has 1 saturated heterocycles. The van der Waals surface area contributed by atoms with Gasteiger partial charge in [-0.3, -0.25) is 0 Å². The SMILES string of the molecule is CCNC(=NCc1ccc(O)c(F)c1)NC1CN(C(=O)OC(C)(C)C)C1. The van der Waals surface area contributed by atoms with Crippen LogP contribution in [0.25, 0.3) is 0 Å². The number of amides is 1. The van der Waals surface area contributed by atoms with Crippen molar-refractivity contribution in [2.75, 3.05) is 19.6 Å². The van der Waals surface area contributed by atoms with E-state index in [0.717, 1.165) is 0 Å². The fraction of sp³-hybridized carbons (Fsp3) is 0.556. The number of guanidine groups is 1. The van der Waals surface area contributed by atoms with Gasteiger partial charge in [-0.05, 0) is 45.4 Å². The van der Waals surface area contributed by atoms with Crippen LogP contribution in [0, 0.1) is 5.82 Å². The van der Waals surface area contributed by atoms with Gasteiger partial charge < -0.3 is 25.4 Å². The van der Waals surface area contributed by atoms with Crippen molar-refractivity contribution in [3.63, 3.8) is 0 Å². The zero-order chi connectivity index (χ0) is 19.3. The molecule has 1 amide bonds. The molecule has 1 aliphatic rings. The third-order valence-corrected chi connectivity index (χ3v) is 3.65. The van der Waals surface area contributed by atoms with Gasteiger partial charge in [0.2, 0.25) is 0 Å². The van der Waals surface area contributed by atoms with E-state index in [9.17, 15) is 14.3 Å². The predicted molar refractivity (Wildman–Crippen MR) is 97.6 cm³/mol. The lowest BCUT2D eigenvalue weighted by molar-refractivity contribution is 0.00700. The standard InChI is InChI=1S/C18H27FN4O3/c1-5-20-16(21-9-12-6-7-15(24)14(19)8-12)22-13-10-23(11-13)17(25)26-18(2,3)4/h6-8,13,24H,5,9-11H2,1-4H3,(H2,20,21,22). The summed E-state index contributed by atoms with van der Waals surface area (Å²) in [5.74, 6) is -0.447. The number of carbonyl (C=O) groups excluding carboxylic acids is 1. The number of nitrogens with one attached hydrogen (secondary N) is 2. The summed E-state index contributed by atoms with van der Waals surface area (Å²) >= 11 is 0. The summed E-state index contributed by atoms with van der Waals surface area (Å²) in [4.78, 5) is 18.0. The van der Waals surface area contributed by atoms with Gasteiger partial charge in [0.25, 0.3) is 0 Å². The molecule has 1 fully saturated rings. The van der Waals surface area contributed by atoms with E-state index in [1.807, 2.05) is 27.7 Å². The summed E-state index contributed by atoms with van der Waals surface area (Å²) in [6, 6.07) is 4.28. The van der Waals surface area contributed by atoms with Gasteiger partial charge in [0.15, 0.2) is 17.5 Å².